The molecule has 31 heavy (non-hydrogen) atoms. The van der Waals surface area contributed by atoms with Crippen molar-refractivity contribution in [3.05, 3.63) is 84.4 Å². The third-order valence-corrected chi connectivity index (χ3v) is 4.97. The summed E-state index contributed by atoms with van der Waals surface area (Å²) in [7, 11) is 6.77. The molecule has 0 aliphatic carbocycles. The standard InChI is InChI=1S/C9H11OP.2C8H10O2/c1-8(7-11-10)9-5-3-2-4-6-9;2*1-9-7-4-3-5-8(6-7)10-2/h2-6,8H,7H2,1H3;2*3-6H,1-2H3. The Balaban J connectivity index is 0.000000233. The van der Waals surface area contributed by atoms with E-state index in [4.69, 9.17) is 18.9 Å². The van der Waals surface area contributed by atoms with Crippen molar-refractivity contribution in [2.24, 2.45) is 0 Å². The van der Waals surface area contributed by atoms with E-state index in [0.717, 1.165) is 23.0 Å². The van der Waals surface area contributed by atoms with Crippen molar-refractivity contribution in [2.45, 2.75) is 12.8 Å². The van der Waals surface area contributed by atoms with E-state index in [2.05, 4.69) is 19.1 Å². The molecule has 5 nitrogen and oxygen atoms in total. The Bertz CT molecular complexity index is 785. The largest absolute Gasteiger partial charge is 0.497 e. The van der Waals surface area contributed by atoms with Gasteiger partial charge in [-0.15, -0.1) is 0 Å². The molecule has 0 spiro atoms. The van der Waals surface area contributed by atoms with Crippen LogP contribution < -0.4 is 18.9 Å². The first-order valence-corrected chi connectivity index (χ1v) is 10.8. The van der Waals surface area contributed by atoms with Crippen LogP contribution in [-0.4, -0.2) is 34.6 Å². The summed E-state index contributed by atoms with van der Waals surface area (Å²) in [5.74, 6) is 3.67. The molecule has 3 aromatic carbocycles. The van der Waals surface area contributed by atoms with Gasteiger partial charge in [-0.25, -0.2) is 0 Å². The monoisotopic (exact) mass is 442 g/mol. The highest BCUT2D eigenvalue weighted by molar-refractivity contribution is 7.23. The summed E-state index contributed by atoms with van der Waals surface area (Å²) >= 11 is 0. The maximum atomic E-state index is 10.3. The molecule has 3 aromatic rings. The molecule has 0 bridgehead atoms. The lowest BCUT2D eigenvalue weighted by Gasteiger charge is -2.05. The summed E-state index contributed by atoms with van der Waals surface area (Å²) in [5.41, 5.74) is 1.26. The fraction of sp³-hybridized carbons (Fsp3) is 0.280. The SMILES string of the molecule is CC(CP=O)c1ccccc1.COc1cccc(OC)c1.COc1cccc(OC)c1. The van der Waals surface area contributed by atoms with Crippen molar-refractivity contribution in [1.29, 1.82) is 0 Å². The first kappa shape index (κ1) is 26.0. The highest BCUT2D eigenvalue weighted by Gasteiger charge is 2.02. The van der Waals surface area contributed by atoms with Gasteiger partial charge in [0, 0.05) is 18.3 Å². The molecule has 6 heteroatoms. The summed E-state index contributed by atoms with van der Waals surface area (Å²) in [6.45, 7) is 2.08. The van der Waals surface area contributed by atoms with Crippen molar-refractivity contribution in [1.82, 2.24) is 0 Å². The van der Waals surface area contributed by atoms with Gasteiger partial charge in [0.15, 0.2) is 8.46 Å². The summed E-state index contributed by atoms with van der Waals surface area (Å²) in [5, 5.41) is 0. The zero-order chi connectivity index (χ0) is 22.9. The number of benzene rings is 3. The highest BCUT2D eigenvalue weighted by atomic mass is 31.1. The third-order valence-electron chi connectivity index (χ3n) is 4.27. The Morgan fingerprint density at radius 3 is 1.35 bits per heavy atom. The van der Waals surface area contributed by atoms with Gasteiger partial charge in [-0.3, -0.25) is 4.57 Å². The predicted molar refractivity (Wildman–Crippen MR) is 126 cm³/mol. The smallest absolute Gasteiger partial charge is 0.155 e. The first-order valence-electron chi connectivity index (χ1n) is 9.78. The lowest BCUT2D eigenvalue weighted by Crippen LogP contribution is -1.92. The van der Waals surface area contributed by atoms with Crippen LogP contribution >= 0.6 is 8.46 Å². The summed E-state index contributed by atoms with van der Waals surface area (Å²) in [6.07, 6.45) is 0.712. The van der Waals surface area contributed by atoms with Crippen molar-refractivity contribution in [3.8, 4) is 23.0 Å². The normalized spacial score (nSPS) is 10.5. The number of ether oxygens (including phenoxy) is 4. The minimum Gasteiger partial charge on any atom is -0.497 e. The quantitative estimate of drug-likeness (QED) is 0.392. The Morgan fingerprint density at radius 1 is 0.645 bits per heavy atom. The van der Waals surface area contributed by atoms with Gasteiger partial charge < -0.3 is 18.9 Å². The molecule has 0 heterocycles. The molecule has 0 fully saturated rings. The van der Waals surface area contributed by atoms with E-state index in [1.54, 1.807) is 28.4 Å². The van der Waals surface area contributed by atoms with Crippen LogP contribution in [0.15, 0.2) is 78.9 Å². The van der Waals surface area contributed by atoms with Crippen molar-refractivity contribution >= 4 is 8.46 Å². The van der Waals surface area contributed by atoms with Crippen LogP contribution in [0.1, 0.15) is 18.4 Å². The lowest BCUT2D eigenvalue weighted by molar-refractivity contribution is 0.394. The van der Waals surface area contributed by atoms with E-state index in [9.17, 15) is 4.57 Å². The molecule has 0 aliphatic heterocycles. The van der Waals surface area contributed by atoms with Gasteiger partial charge in [-0.05, 0) is 35.7 Å². The molecule has 0 amide bonds. The first-order chi connectivity index (χ1) is 15.1. The Morgan fingerprint density at radius 2 is 1.03 bits per heavy atom. The van der Waals surface area contributed by atoms with Crippen molar-refractivity contribution in [3.63, 3.8) is 0 Å². The Labute approximate surface area is 187 Å². The molecule has 3 rings (SSSR count). The molecule has 0 N–H and O–H groups in total. The van der Waals surface area contributed by atoms with Gasteiger partial charge in [0.05, 0.1) is 28.4 Å². The van der Waals surface area contributed by atoms with Crippen LogP contribution in [0.4, 0.5) is 0 Å². The van der Waals surface area contributed by atoms with Gasteiger partial charge in [0.25, 0.3) is 0 Å². The summed E-state index contributed by atoms with van der Waals surface area (Å²) < 4.78 is 30.2. The fourth-order valence-electron chi connectivity index (χ4n) is 2.46. The molecule has 1 atom stereocenters. The average Bonchev–Trinajstić information content (AvgIpc) is 2.85. The maximum Gasteiger partial charge on any atom is 0.155 e. The summed E-state index contributed by atoms with van der Waals surface area (Å²) in [6, 6.07) is 25.1. The minimum atomic E-state index is 0.234. The second-order valence-electron chi connectivity index (χ2n) is 6.39. The zero-order valence-electron chi connectivity index (χ0n) is 18.8. The molecule has 166 valence electrons. The van der Waals surface area contributed by atoms with E-state index in [-0.39, 0.29) is 8.46 Å². The molecule has 0 saturated carbocycles. The van der Waals surface area contributed by atoms with Crippen LogP contribution in [-0.2, 0) is 4.57 Å². The Kier molecular flexibility index (Phi) is 13.2. The van der Waals surface area contributed by atoms with Crippen LogP contribution in [0, 0.1) is 0 Å². The van der Waals surface area contributed by atoms with Crippen molar-refractivity contribution in [2.75, 3.05) is 34.6 Å². The van der Waals surface area contributed by atoms with Gasteiger partial charge in [0.2, 0.25) is 0 Å². The summed E-state index contributed by atoms with van der Waals surface area (Å²) in [4.78, 5) is 0. The van der Waals surface area contributed by atoms with Gasteiger partial charge in [-0.2, -0.15) is 0 Å². The van der Waals surface area contributed by atoms with Gasteiger partial charge >= 0.3 is 0 Å². The average molecular weight is 442 g/mol. The topological polar surface area (TPSA) is 54.0 Å². The second kappa shape index (κ2) is 15.8. The van der Waals surface area contributed by atoms with E-state index < -0.39 is 0 Å². The highest BCUT2D eigenvalue weighted by Crippen LogP contribution is 2.19. The van der Waals surface area contributed by atoms with Crippen LogP contribution in [0.3, 0.4) is 0 Å². The van der Waals surface area contributed by atoms with Crippen LogP contribution in [0.25, 0.3) is 0 Å². The number of methoxy groups -OCH3 is 4. The lowest BCUT2D eigenvalue weighted by atomic mass is 10.0. The van der Waals surface area contributed by atoms with Crippen LogP contribution in [0.2, 0.25) is 0 Å². The number of hydrogen-bond donors (Lipinski definition) is 0. The minimum absolute atomic E-state index is 0.234. The maximum absolute atomic E-state index is 10.3. The molecule has 0 saturated heterocycles. The molecule has 0 aromatic heterocycles. The molecule has 0 aliphatic rings. The van der Waals surface area contributed by atoms with E-state index >= 15 is 0 Å². The van der Waals surface area contributed by atoms with Gasteiger partial charge in [0.1, 0.15) is 23.0 Å². The van der Waals surface area contributed by atoms with Crippen molar-refractivity contribution < 1.29 is 23.5 Å². The predicted octanol–water partition coefficient (Wildman–Crippen LogP) is 6.49. The van der Waals surface area contributed by atoms with Crippen LogP contribution in [0.5, 0.6) is 23.0 Å². The molecular formula is C25H31O5P. The number of hydrogen-bond acceptors (Lipinski definition) is 5. The second-order valence-corrected chi connectivity index (χ2v) is 7.01. The molecule has 1 unspecified atom stereocenters. The van der Waals surface area contributed by atoms with Gasteiger partial charge in [-0.1, -0.05) is 49.4 Å². The fourth-order valence-corrected chi connectivity index (χ4v) is 2.89. The van der Waals surface area contributed by atoms with E-state index in [1.807, 2.05) is 66.7 Å². The molecular weight excluding hydrogens is 411 g/mol. The van der Waals surface area contributed by atoms with E-state index in [1.165, 1.54) is 5.56 Å². The Hall–Kier alpha value is -3.04. The molecule has 0 radical (unpaired) electrons. The zero-order valence-corrected chi connectivity index (χ0v) is 19.7. The third kappa shape index (κ3) is 10.5. The van der Waals surface area contributed by atoms with E-state index in [0.29, 0.717) is 12.1 Å². The number of rotatable bonds is 7.